The lowest BCUT2D eigenvalue weighted by Gasteiger charge is -2.27. The number of rotatable bonds is 0. The number of benzene rings is 2. The Morgan fingerprint density at radius 1 is 0.895 bits per heavy atom. The highest BCUT2D eigenvalue weighted by Gasteiger charge is 2.44. The maximum Gasteiger partial charge on any atom is 0.0215 e. The van der Waals surface area contributed by atoms with Crippen LogP contribution in [0.2, 0.25) is 0 Å². The molecular formula is C18H19P. The zero-order chi connectivity index (χ0) is 13.0. The largest absolute Gasteiger partial charge is 0.106 e. The molecule has 2 unspecified atom stereocenters. The van der Waals surface area contributed by atoms with E-state index < -0.39 is 0 Å². The molecule has 2 aliphatic carbocycles. The molecule has 0 saturated carbocycles. The van der Waals surface area contributed by atoms with E-state index in [0.29, 0.717) is 5.41 Å². The monoisotopic (exact) mass is 266 g/mol. The van der Waals surface area contributed by atoms with E-state index in [9.17, 15) is 0 Å². The van der Waals surface area contributed by atoms with Gasteiger partial charge in [0.1, 0.15) is 0 Å². The average Bonchev–Trinajstić information content (AvgIpc) is 2.94. The highest BCUT2D eigenvalue weighted by atomic mass is 31.0. The highest BCUT2D eigenvalue weighted by Crippen LogP contribution is 2.52. The molecule has 1 heteroatoms. The van der Waals surface area contributed by atoms with Crippen molar-refractivity contribution in [1.82, 2.24) is 0 Å². The molecule has 0 aromatic heterocycles. The topological polar surface area (TPSA) is 0 Å². The number of hydrogen-bond acceptors (Lipinski definition) is 0. The van der Waals surface area contributed by atoms with E-state index in [1.807, 2.05) is 0 Å². The SMILES string of the molecule is Cc1ccc2c(c1)C1(CC2)CCc2ccc(P)cc21. The minimum atomic E-state index is 0.323. The molecule has 0 saturated heterocycles. The highest BCUT2D eigenvalue weighted by molar-refractivity contribution is 7.27. The minimum Gasteiger partial charge on any atom is -0.106 e. The molecule has 2 aromatic carbocycles. The smallest absolute Gasteiger partial charge is 0.0215 e. The van der Waals surface area contributed by atoms with Crippen LogP contribution < -0.4 is 5.30 Å². The molecular weight excluding hydrogens is 247 g/mol. The van der Waals surface area contributed by atoms with Gasteiger partial charge in [0.25, 0.3) is 0 Å². The van der Waals surface area contributed by atoms with Gasteiger partial charge in [0.2, 0.25) is 0 Å². The van der Waals surface area contributed by atoms with Crippen molar-refractivity contribution in [2.24, 2.45) is 0 Å². The molecule has 96 valence electrons. The van der Waals surface area contributed by atoms with Gasteiger partial charge >= 0.3 is 0 Å². The molecule has 0 amide bonds. The molecule has 2 atom stereocenters. The van der Waals surface area contributed by atoms with Crippen LogP contribution in [0, 0.1) is 6.92 Å². The second kappa shape index (κ2) is 3.93. The number of hydrogen-bond donors (Lipinski definition) is 0. The molecule has 0 N–H and O–H groups in total. The summed E-state index contributed by atoms with van der Waals surface area (Å²) in [6.07, 6.45) is 5.09. The maximum absolute atomic E-state index is 2.86. The van der Waals surface area contributed by atoms with Gasteiger partial charge in [-0.25, -0.2) is 0 Å². The summed E-state index contributed by atoms with van der Waals surface area (Å²) in [4.78, 5) is 0. The van der Waals surface area contributed by atoms with Gasteiger partial charge < -0.3 is 0 Å². The van der Waals surface area contributed by atoms with Crippen LogP contribution in [0.4, 0.5) is 0 Å². The van der Waals surface area contributed by atoms with Gasteiger partial charge in [-0.15, -0.1) is 9.24 Å². The lowest BCUT2D eigenvalue weighted by molar-refractivity contribution is 0.507. The Hall–Kier alpha value is -1.13. The first-order chi connectivity index (χ1) is 9.19. The van der Waals surface area contributed by atoms with Crippen LogP contribution in [0.3, 0.4) is 0 Å². The van der Waals surface area contributed by atoms with Gasteiger partial charge in [-0.1, -0.05) is 42.0 Å². The standard InChI is InChI=1S/C18H19P/c1-12-2-3-13-6-8-18(16(13)10-12)9-7-14-4-5-15(19)11-17(14)18/h2-5,10-11H,6-9,19H2,1H3. The van der Waals surface area contributed by atoms with Gasteiger partial charge in [0.05, 0.1) is 0 Å². The summed E-state index contributed by atoms with van der Waals surface area (Å²) in [5.41, 5.74) is 8.08. The first-order valence-corrected chi connectivity index (χ1v) is 7.76. The zero-order valence-electron chi connectivity index (χ0n) is 11.4. The number of fused-ring (bicyclic) bond motifs is 4. The summed E-state index contributed by atoms with van der Waals surface area (Å²) in [6, 6.07) is 14.0. The molecule has 4 rings (SSSR count). The Balaban J connectivity index is 1.97. The molecule has 0 fully saturated rings. The third-order valence-corrected chi connectivity index (χ3v) is 5.43. The first-order valence-electron chi connectivity index (χ1n) is 7.18. The van der Waals surface area contributed by atoms with Gasteiger partial charge in [-0.2, -0.15) is 0 Å². The van der Waals surface area contributed by atoms with Crippen LogP contribution in [0.5, 0.6) is 0 Å². The molecule has 2 aliphatic rings. The quantitative estimate of drug-likeness (QED) is 0.638. The van der Waals surface area contributed by atoms with Crippen molar-refractivity contribution in [1.29, 1.82) is 0 Å². The fraction of sp³-hybridized carbons (Fsp3) is 0.333. The van der Waals surface area contributed by atoms with Crippen LogP contribution in [0.25, 0.3) is 0 Å². The van der Waals surface area contributed by atoms with Crippen molar-refractivity contribution >= 4 is 14.5 Å². The van der Waals surface area contributed by atoms with Gasteiger partial charge in [-0.05, 0) is 60.2 Å². The lowest BCUT2D eigenvalue weighted by atomic mass is 9.76. The Morgan fingerprint density at radius 2 is 1.53 bits per heavy atom. The maximum atomic E-state index is 2.86. The second-order valence-electron chi connectivity index (χ2n) is 6.16. The minimum absolute atomic E-state index is 0.323. The third kappa shape index (κ3) is 1.56. The van der Waals surface area contributed by atoms with Gasteiger partial charge in [0.15, 0.2) is 0 Å². The van der Waals surface area contributed by atoms with Crippen molar-refractivity contribution < 1.29 is 0 Å². The normalized spacial score (nSPS) is 23.7. The van der Waals surface area contributed by atoms with Crippen molar-refractivity contribution in [2.75, 3.05) is 0 Å². The van der Waals surface area contributed by atoms with Crippen LogP contribution >= 0.6 is 9.24 Å². The van der Waals surface area contributed by atoms with E-state index in [1.165, 1.54) is 36.6 Å². The van der Waals surface area contributed by atoms with Crippen LogP contribution in [0.1, 0.15) is 40.7 Å². The fourth-order valence-corrected chi connectivity index (χ4v) is 4.38. The predicted octanol–water partition coefficient (Wildman–Crippen LogP) is 3.67. The average molecular weight is 266 g/mol. The molecule has 0 aliphatic heterocycles. The Bertz CT molecular complexity index is 610. The third-order valence-electron chi connectivity index (χ3n) is 5.07. The van der Waals surface area contributed by atoms with Crippen molar-refractivity contribution in [3.63, 3.8) is 0 Å². The fourth-order valence-electron chi connectivity index (χ4n) is 4.12. The summed E-state index contributed by atoms with van der Waals surface area (Å²) < 4.78 is 0. The number of aryl methyl sites for hydroxylation is 3. The lowest BCUT2D eigenvalue weighted by Crippen LogP contribution is -2.22. The predicted molar refractivity (Wildman–Crippen MR) is 84.4 cm³/mol. The molecule has 0 bridgehead atoms. The summed E-state index contributed by atoms with van der Waals surface area (Å²) in [6.45, 7) is 2.22. The van der Waals surface area contributed by atoms with E-state index in [0.717, 1.165) is 0 Å². The van der Waals surface area contributed by atoms with E-state index in [4.69, 9.17) is 0 Å². The van der Waals surface area contributed by atoms with Crippen molar-refractivity contribution in [3.05, 3.63) is 64.2 Å². The first kappa shape index (κ1) is 11.7. The van der Waals surface area contributed by atoms with Crippen molar-refractivity contribution in [2.45, 2.75) is 38.0 Å². The van der Waals surface area contributed by atoms with Crippen molar-refractivity contribution in [3.8, 4) is 0 Å². The molecule has 19 heavy (non-hydrogen) atoms. The van der Waals surface area contributed by atoms with E-state index in [-0.39, 0.29) is 0 Å². The molecule has 0 radical (unpaired) electrons. The summed E-state index contributed by atoms with van der Waals surface area (Å²) in [7, 11) is 2.86. The molecule has 1 spiro atoms. The Morgan fingerprint density at radius 3 is 2.26 bits per heavy atom. The van der Waals surface area contributed by atoms with E-state index in [1.54, 1.807) is 22.3 Å². The van der Waals surface area contributed by atoms with Gasteiger partial charge in [-0.3, -0.25) is 0 Å². The zero-order valence-corrected chi connectivity index (χ0v) is 12.5. The van der Waals surface area contributed by atoms with Crippen LogP contribution in [-0.2, 0) is 18.3 Å². The van der Waals surface area contributed by atoms with E-state index >= 15 is 0 Å². The summed E-state index contributed by atoms with van der Waals surface area (Å²) >= 11 is 0. The Labute approximate surface area is 117 Å². The van der Waals surface area contributed by atoms with E-state index in [2.05, 4.69) is 52.6 Å². The van der Waals surface area contributed by atoms with Gasteiger partial charge in [0, 0.05) is 5.41 Å². The van der Waals surface area contributed by atoms with Crippen LogP contribution in [0.15, 0.2) is 36.4 Å². The molecule has 0 nitrogen and oxygen atoms in total. The molecule has 0 heterocycles. The molecule has 2 aromatic rings. The summed E-state index contributed by atoms with van der Waals surface area (Å²) in [5, 5.41) is 1.32. The van der Waals surface area contributed by atoms with Crippen LogP contribution in [-0.4, -0.2) is 0 Å². The summed E-state index contributed by atoms with van der Waals surface area (Å²) in [5.74, 6) is 0. The Kier molecular flexibility index (Phi) is 2.42. The second-order valence-corrected chi connectivity index (χ2v) is 6.83.